The number of likely N-dealkylation sites (tertiary alicyclic amines) is 1. The number of amides is 1. The van der Waals surface area contributed by atoms with Gasteiger partial charge in [-0.1, -0.05) is 6.92 Å². The van der Waals surface area contributed by atoms with E-state index in [2.05, 4.69) is 4.98 Å². The molecule has 98 valence electrons. The molecule has 1 amide bonds. The molecule has 6 heteroatoms. The van der Waals surface area contributed by atoms with Crippen molar-refractivity contribution in [3.8, 4) is 5.88 Å². The van der Waals surface area contributed by atoms with E-state index in [1.165, 1.54) is 6.07 Å². The lowest BCUT2D eigenvalue weighted by Crippen LogP contribution is -2.40. The van der Waals surface area contributed by atoms with E-state index in [9.17, 15) is 19.8 Å². The Morgan fingerprint density at radius 1 is 1.56 bits per heavy atom. The molecule has 18 heavy (non-hydrogen) atoms. The summed E-state index contributed by atoms with van der Waals surface area (Å²) in [6, 6.07) is 2.15. The highest BCUT2D eigenvalue weighted by atomic mass is 16.3. The van der Waals surface area contributed by atoms with Crippen LogP contribution in [0.25, 0.3) is 0 Å². The van der Waals surface area contributed by atoms with Crippen LogP contribution in [0.4, 0.5) is 0 Å². The fourth-order valence-electron chi connectivity index (χ4n) is 2.36. The molecule has 6 nitrogen and oxygen atoms in total. The van der Waals surface area contributed by atoms with Crippen LogP contribution in [-0.4, -0.2) is 45.2 Å². The van der Waals surface area contributed by atoms with Gasteiger partial charge < -0.3 is 15.1 Å². The van der Waals surface area contributed by atoms with Gasteiger partial charge in [-0.25, -0.2) is 0 Å². The molecule has 2 heterocycles. The van der Waals surface area contributed by atoms with Crippen LogP contribution in [0.5, 0.6) is 5.88 Å². The Balaban J connectivity index is 2.28. The molecule has 1 aromatic rings. The number of aliphatic hydroxyl groups is 1. The van der Waals surface area contributed by atoms with Crippen molar-refractivity contribution < 1.29 is 15.0 Å². The van der Waals surface area contributed by atoms with E-state index >= 15 is 0 Å². The summed E-state index contributed by atoms with van der Waals surface area (Å²) in [5.41, 5.74) is -0.380. The van der Waals surface area contributed by atoms with Crippen LogP contribution in [0.2, 0.25) is 0 Å². The summed E-state index contributed by atoms with van der Waals surface area (Å²) in [5, 5.41) is 18.6. The van der Waals surface area contributed by atoms with E-state index in [0.29, 0.717) is 6.54 Å². The lowest BCUT2D eigenvalue weighted by molar-refractivity contribution is 0.0647. The van der Waals surface area contributed by atoms with E-state index in [1.54, 1.807) is 4.90 Å². The van der Waals surface area contributed by atoms with E-state index in [-0.39, 0.29) is 35.9 Å². The van der Waals surface area contributed by atoms with Crippen molar-refractivity contribution >= 4 is 5.91 Å². The van der Waals surface area contributed by atoms with Gasteiger partial charge in [0.2, 0.25) is 0 Å². The van der Waals surface area contributed by atoms with Crippen LogP contribution < -0.4 is 5.56 Å². The van der Waals surface area contributed by atoms with Gasteiger partial charge in [0, 0.05) is 18.7 Å². The van der Waals surface area contributed by atoms with Crippen molar-refractivity contribution in [1.29, 1.82) is 0 Å². The lowest BCUT2D eigenvalue weighted by Gasteiger charge is -2.25. The van der Waals surface area contributed by atoms with Crippen molar-refractivity contribution in [3.05, 3.63) is 28.0 Å². The minimum atomic E-state index is -0.522. The zero-order valence-corrected chi connectivity index (χ0v) is 10.1. The standard InChI is InChI=1S/C12H16N2O4/c1-7-2-3-14(9(7)6-15)12(18)8-4-10(16)13-11(17)5-8/h4-5,7,9,15H,2-3,6H2,1H3,(H2,13,16,17). The molecule has 0 radical (unpaired) electrons. The molecule has 0 aliphatic carbocycles. The minimum absolute atomic E-state index is 0.0952. The molecule has 1 saturated heterocycles. The zero-order chi connectivity index (χ0) is 13.3. The first-order valence-corrected chi connectivity index (χ1v) is 5.88. The summed E-state index contributed by atoms with van der Waals surface area (Å²) in [6.07, 6.45) is 0.826. The predicted octanol–water partition coefficient (Wildman–Crippen LogP) is -0.0766. The van der Waals surface area contributed by atoms with E-state index in [1.807, 2.05) is 6.92 Å². The quantitative estimate of drug-likeness (QED) is 0.686. The summed E-state index contributed by atoms with van der Waals surface area (Å²) in [6.45, 7) is 2.43. The molecule has 2 atom stereocenters. The molecular formula is C12H16N2O4. The third-order valence-electron chi connectivity index (χ3n) is 3.41. The number of aromatic hydroxyl groups is 1. The number of nitrogens with one attached hydrogen (secondary N) is 1. The van der Waals surface area contributed by atoms with Gasteiger partial charge >= 0.3 is 0 Å². The number of pyridine rings is 1. The van der Waals surface area contributed by atoms with Crippen molar-refractivity contribution in [2.24, 2.45) is 5.92 Å². The number of rotatable bonds is 2. The van der Waals surface area contributed by atoms with Crippen LogP contribution in [0.15, 0.2) is 16.9 Å². The van der Waals surface area contributed by atoms with Crippen molar-refractivity contribution in [2.45, 2.75) is 19.4 Å². The fraction of sp³-hybridized carbons (Fsp3) is 0.500. The average molecular weight is 252 g/mol. The first kappa shape index (κ1) is 12.6. The first-order valence-electron chi connectivity index (χ1n) is 5.88. The zero-order valence-electron chi connectivity index (χ0n) is 10.1. The molecule has 1 aliphatic heterocycles. The Bertz CT molecular complexity index is 511. The van der Waals surface area contributed by atoms with Gasteiger partial charge in [0.15, 0.2) is 5.88 Å². The Morgan fingerprint density at radius 3 is 2.89 bits per heavy atom. The summed E-state index contributed by atoms with van der Waals surface area (Å²) in [7, 11) is 0. The molecular weight excluding hydrogens is 236 g/mol. The number of aliphatic hydroxyl groups excluding tert-OH is 1. The minimum Gasteiger partial charge on any atom is -0.494 e. The van der Waals surface area contributed by atoms with E-state index in [4.69, 9.17) is 0 Å². The number of carbonyl (C=O) groups excluding carboxylic acids is 1. The number of hydrogen-bond acceptors (Lipinski definition) is 4. The number of aromatic nitrogens is 1. The van der Waals surface area contributed by atoms with Gasteiger partial charge in [-0.15, -0.1) is 0 Å². The molecule has 3 N–H and O–H groups in total. The largest absolute Gasteiger partial charge is 0.494 e. The van der Waals surface area contributed by atoms with Gasteiger partial charge in [-0.05, 0) is 12.3 Å². The topological polar surface area (TPSA) is 93.6 Å². The number of H-pyrrole nitrogens is 1. The van der Waals surface area contributed by atoms with Crippen LogP contribution in [0.3, 0.4) is 0 Å². The Hall–Kier alpha value is -1.82. The van der Waals surface area contributed by atoms with E-state index in [0.717, 1.165) is 12.5 Å². The summed E-state index contributed by atoms with van der Waals surface area (Å²) >= 11 is 0. The number of hydrogen-bond donors (Lipinski definition) is 3. The SMILES string of the molecule is CC1CCN(C(=O)c2cc(O)[nH]c(=O)c2)C1CO. The van der Waals surface area contributed by atoms with Crippen molar-refractivity contribution in [3.63, 3.8) is 0 Å². The third kappa shape index (κ3) is 2.24. The predicted molar refractivity (Wildman–Crippen MR) is 64.4 cm³/mol. The molecule has 2 unspecified atom stereocenters. The number of carbonyl (C=O) groups is 1. The van der Waals surface area contributed by atoms with Crippen LogP contribution in [-0.2, 0) is 0 Å². The Morgan fingerprint density at radius 2 is 2.28 bits per heavy atom. The van der Waals surface area contributed by atoms with Crippen LogP contribution in [0.1, 0.15) is 23.7 Å². The molecule has 0 spiro atoms. The van der Waals surface area contributed by atoms with Gasteiger partial charge in [-0.3, -0.25) is 14.6 Å². The molecule has 2 rings (SSSR count). The van der Waals surface area contributed by atoms with Crippen molar-refractivity contribution in [2.75, 3.05) is 13.2 Å². The molecule has 0 aromatic carbocycles. The smallest absolute Gasteiger partial charge is 0.254 e. The highest BCUT2D eigenvalue weighted by Gasteiger charge is 2.34. The maximum atomic E-state index is 12.2. The summed E-state index contributed by atoms with van der Waals surface area (Å²) in [5.74, 6) is -0.437. The summed E-state index contributed by atoms with van der Waals surface area (Å²) < 4.78 is 0. The highest BCUT2D eigenvalue weighted by Crippen LogP contribution is 2.25. The van der Waals surface area contributed by atoms with Crippen molar-refractivity contribution in [1.82, 2.24) is 9.88 Å². The summed E-state index contributed by atoms with van der Waals surface area (Å²) in [4.78, 5) is 27.2. The second kappa shape index (κ2) is 4.81. The number of aromatic amines is 1. The van der Waals surface area contributed by atoms with Gasteiger partial charge in [-0.2, -0.15) is 0 Å². The monoisotopic (exact) mass is 252 g/mol. The molecule has 0 saturated carbocycles. The lowest BCUT2D eigenvalue weighted by atomic mass is 10.0. The number of nitrogens with zero attached hydrogens (tertiary/aromatic N) is 1. The molecule has 0 bridgehead atoms. The second-order valence-corrected chi connectivity index (χ2v) is 4.63. The Labute approximate surface area is 104 Å². The van der Waals surface area contributed by atoms with Gasteiger partial charge in [0.25, 0.3) is 11.5 Å². The average Bonchev–Trinajstić information content (AvgIpc) is 2.68. The molecule has 1 fully saturated rings. The van der Waals surface area contributed by atoms with E-state index < -0.39 is 5.56 Å². The van der Waals surface area contributed by atoms with Crippen LogP contribution >= 0.6 is 0 Å². The van der Waals surface area contributed by atoms with Crippen LogP contribution in [0, 0.1) is 5.92 Å². The highest BCUT2D eigenvalue weighted by molar-refractivity contribution is 5.94. The first-order chi connectivity index (χ1) is 8.52. The molecule has 1 aliphatic rings. The second-order valence-electron chi connectivity index (χ2n) is 4.63. The van der Waals surface area contributed by atoms with Gasteiger partial charge in [0.1, 0.15) is 0 Å². The Kier molecular flexibility index (Phi) is 3.38. The fourth-order valence-corrected chi connectivity index (χ4v) is 2.36. The van der Waals surface area contributed by atoms with Gasteiger partial charge in [0.05, 0.1) is 18.2 Å². The third-order valence-corrected chi connectivity index (χ3v) is 3.41. The normalized spacial score (nSPS) is 23.3. The maximum Gasteiger partial charge on any atom is 0.254 e. The maximum absolute atomic E-state index is 12.2. The molecule has 1 aromatic heterocycles.